The normalized spacial score (nSPS) is 23.6. The van der Waals surface area contributed by atoms with Crippen LogP contribution in [0.4, 0.5) is 5.69 Å². The summed E-state index contributed by atoms with van der Waals surface area (Å²) in [7, 11) is 1.53. The van der Waals surface area contributed by atoms with Gasteiger partial charge in [-0.25, -0.2) is 4.79 Å². The van der Waals surface area contributed by atoms with Gasteiger partial charge in [-0.05, 0) is 19.1 Å². The third kappa shape index (κ3) is 1.25. The van der Waals surface area contributed by atoms with Crippen LogP contribution in [0.1, 0.15) is 6.92 Å². The molecule has 1 heterocycles. The van der Waals surface area contributed by atoms with Gasteiger partial charge in [0.05, 0.1) is 5.69 Å². The van der Waals surface area contributed by atoms with Crippen LogP contribution in [0.2, 0.25) is 0 Å². The van der Waals surface area contributed by atoms with Crippen LogP contribution in [0.3, 0.4) is 0 Å². The molecule has 1 atom stereocenters. The zero-order valence-corrected chi connectivity index (χ0v) is 8.93. The highest BCUT2D eigenvalue weighted by Crippen LogP contribution is 2.36. The summed E-state index contributed by atoms with van der Waals surface area (Å²) < 4.78 is 5.27. The first-order valence-electron chi connectivity index (χ1n) is 4.76. The maximum Gasteiger partial charge on any atom is 0.357 e. The number of fused-ring (bicyclic) bond motifs is 1. The molecule has 0 bridgehead atoms. The van der Waals surface area contributed by atoms with Gasteiger partial charge in [0.1, 0.15) is 5.75 Å². The summed E-state index contributed by atoms with van der Waals surface area (Å²) >= 11 is 0. The minimum absolute atomic E-state index is 0.398. The molecule has 16 heavy (non-hydrogen) atoms. The quantitative estimate of drug-likeness (QED) is 0.715. The zero-order valence-electron chi connectivity index (χ0n) is 8.93. The van der Waals surface area contributed by atoms with Crippen LogP contribution in [0, 0.1) is 0 Å². The van der Waals surface area contributed by atoms with Crippen molar-refractivity contribution in [1.82, 2.24) is 0 Å². The van der Waals surface area contributed by atoms with Gasteiger partial charge in [-0.2, -0.15) is 0 Å². The number of amides is 1. The number of para-hydroxylation sites is 2. The molecule has 0 aromatic heterocycles. The van der Waals surface area contributed by atoms with Crippen molar-refractivity contribution in [2.24, 2.45) is 0 Å². The third-order valence-electron chi connectivity index (χ3n) is 2.66. The molecule has 1 N–H and O–H groups in total. The first-order valence-corrected chi connectivity index (χ1v) is 4.76. The lowest BCUT2D eigenvalue weighted by molar-refractivity contribution is -0.160. The average molecular weight is 221 g/mol. The first kappa shape index (κ1) is 10.5. The number of carboxylic acid groups (broad SMARTS) is 1. The van der Waals surface area contributed by atoms with E-state index in [1.54, 1.807) is 24.3 Å². The van der Waals surface area contributed by atoms with Crippen LogP contribution >= 0.6 is 0 Å². The predicted molar refractivity (Wildman–Crippen MR) is 56.5 cm³/mol. The van der Waals surface area contributed by atoms with Crippen molar-refractivity contribution in [3.63, 3.8) is 0 Å². The second-order valence-corrected chi connectivity index (χ2v) is 3.77. The number of benzene rings is 1. The summed E-state index contributed by atoms with van der Waals surface area (Å²) in [6.45, 7) is 1.25. The van der Waals surface area contributed by atoms with E-state index in [1.807, 2.05) is 0 Å². The number of hydrogen-bond acceptors (Lipinski definition) is 3. The third-order valence-corrected chi connectivity index (χ3v) is 2.66. The molecule has 5 heteroatoms. The van der Waals surface area contributed by atoms with Crippen molar-refractivity contribution >= 4 is 17.6 Å². The molecule has 0 spiro atoms. The number of hydrogen-bond donors (Lipinski definition) is 1. The summed E-state index contributed by atoms with van der Waals surface area (Å²) in [5.74, 6) is -1.48. The van der Waals surface area contributed by atoms with Crippen molar-refractivity contribution in [3.05, 3.63) is 24.3 Å². The Kier molecular flexibility index (Phi) is 2.11. The van der Waals surface area contributed by atoms with Gasteiger partial charge in [0.15, 0.2) is 0 Å². The number of carbonyl (C=O) groups is 2. The van der Waals surface area contributed by atoms with Crippen LogP contribution in [-0.2, 0) is 9.59 Å². The Labute approximate surface area is 92.2 Å². The summed E-state index contributed by atoms with van der Waals surface area (Å²) in [6.07, 6.45) is 0. The van der Waals surface area contributed by atoms with Crippen molar-refractivity contribution in [2.75, 3.05) is 11.9 Å². The molecular weight excluding hydrogens is 210 g/mol. The Morgan fingerprint density at radius 2 is 2.06 bits per heavy atom. The number of aliphatic carboxylic acids is 1. The smallest absolute Gasteiger partial charge is 0.357 e. The monoisotopic (exact) mass is 221 g/mol. The number of carboxylic acids is 1. The highest BCUT2D eigenvalue weighted by molar-refractivity contribution is 6.14. The van der Waals surface area contributed by atoms with E-state index in [0.717, 1.165) is 0 Å². The Hall–Kier alpha value is -2.04. The fraction of sp³-hybridized carbons (Fsp3) is 0.273. The van der Waals surface area contributed by atoms with Gasteiger partial charge >= 0.3 is 5.97 Å². The van der Waals surface area contributed by atoms with E-state index in [9.17, 15) is 9.59 Å². The topological polar surface area (TPSA) is 66.8 Å². The maximum atomic E-state index is 11.9. The van der Waals surface area contributed by atoms with E-state index in [0.29, 0.717) is 11.4 Å². The Balaban J connectivity index is 2.55. The first-order chi connectivity index (χ1) is 7.47. The van der Waals surface area contributed by atoms with Gasteiger partial charge in [0.2, 0.25) is 0 Å². The van der Waals surface area contributed by atoms with E-state index in [1.165, 1.54) is 18.9 Å². The Bertz CT molecular complexity index is 471. The minimum atomic E-state index is -1.84. The van der Waals surface area contributed by atoms with E-state index in [4.69, 9.17) is 9.84 Å². The zero-order chi connectivity index (χ0) is 11.9. The molecule has 1 amide bonds. The van der Waals surface area contributed by atoms with Crippen molar-refractivity contribution in [1.29, 1.82) is 0 Å². The van der Waals surface area contributed by atoms with E-state index < -0.39 is 17.5 Å². The Morgan fingerprint density at radius 3 is 2.69 bits per heavy atom. The van der Waals surface area contributed by atoms with Gasteiger partial charge in [0.25, 0.3) is 11.5 Å². The van der Waals surface area contributed by atoms with Crippen LogP contribution in [0.5, 0.6) is 5.75 Å². The molecule has 1 aliphatic rings. The lowest BCUT2D eigenvalue weighted by Crippen LogP contribution is -2.57. The fourth-order valence-electron chi connectivity index (χ4n) is 1.65. The highest BCUT2D eigenvalue weighted by Gasteiger charge is 2.49. The fourth-order valence-corrected chi connectivity index (χ4v) is 1.65. The molecule has 1 aromatic rings. The molecule has 0 radical (unpaired) electrons. The van der Waals surface area contributed by atoms with Crippen molar-refractivity contribution < 1.29 is 19.4 Å². The van der Waals surface area contributed by atoms with Crippen LogP contribution in [0.15, 0.2) is 24.3 Å². The average Bonchev–Trinajstić information content (AvgIpc) is 2.26. The lowest BCUT2D eigenvalue weighted by atomic mass is 10.0. The minimum Gasteiger partial charge on any atom is -0.478 e. The predicted octanol–water partition coefficient (Wildman–Crippen LogP) is 0.885. The number of rotatable bonds is 1. The maximum absolute atomic E-state index is 11.9. The lowest BCUT2D eigenvalue weighted by Gasteiger charge is -2.36. The number of anilines is 1. The van der Waals surface area contributed by atoms with Crippen molar-refractivity contribution in [2.45, 2.75) is 12.5 Å². The molecule has 0 aliphatic carbocycles. The molecule has 84 valence electrons. The second kappa shape index (κ2) is 3.23. The van der Waals surface area contributed by atoms with Gasteiger partial charge < -0.3 is 14.7 Å². The van der Waals surface area contributed by atoms with E-state index >= 15 is 0 Å². The standard InChI is InChI=1S/C11H11NO4/c1-11(10(14)15)9(13)12(2)7-5-3-4-6-8(7)16-11/h3-6H,1-2H3,(H,14,15)/t11-/m1/s1. The molecule has 1 aromatic carbocycles. The van der Waals surface area contributed by atoms with Crippen LogP contribution in [0.25, 0.3) is 0 Å². The number of nitrogens with zero attached hydrogens (tertiary/aromatic N) is 1. The Morgan fingerprint density at radius 1 is 1.44 bits per heavy atom. The summed E-state index contributed by atoms with van der Waals surface area (Å²) in [4.78, 5) is 24.2. The largest absolute Gasteiger partial charge is 0.478 e. The van der Waals surface area contributed by atoms with Crippen LogP contribution < -0.4 is 9.64 Å². The van der Waals surface area contributed by atoms with Gasteiger partial charge in [-0.15, -0.1) is 0 Å². The van der Waals surface area contributed by atoms with Gasteiger partial charge in [-0.1, -0.05) is 12.1 Å². The van der Waals surface area contributed by atoms with E-state index in [-0.39, 0.29) is 0 Å². The summed E-state index contributed by atoms with van der Waals surface area (Å²) in [6, 6.07) is 6.83. The van der Waals surface area contributed by atoms with Gasteiger partial charge in [0, 0.05) is 7.05 Å². The molecule has 0 saturated carbocycles. The molecule has 0 fully saturated rings. The number of carbonyl (C=O) groups excluding carboxylic acids is 1. The number of likely N-dealkylation sites (N-methyl/N-ethyl adjacent to an activating group) is 1. The highest BCUT2D eigenvalue weighted by atomic mass is 16.5. The SMILES string of the molecule is CN1C(=O)[C@](C)(C(=O)O)Oc2ccccc21. The summed E-state index contributed by atoms with van der Waals surface area (Å²) in [5.41, 5.74) is -1.27. The molecular formula is C11H11NO4. The molecule has 0 unspecified atom stereocenters. The molecule has 0 saturated heterocycles. The molecule has 2 rings (SSSR count). The van der Waals surface area contributed by atoms with Crippen molar-refractivity contribution in [3.8, 4) is 5.75 Å². The summed E-state index contributed by atoms with van der Waals surface area (Å²) in [5, 5.41) is 9.04. The molecule has 1 aliphatic heterocycles. The molecule has 5 nitrogen and oxygen atoms in total. The van der Waals surface area contributed by atoms with Gasteiger partial charge in [-0.3, -0.25) is 4.79 Å². The van der Waals surface area contributed by atoms with Crippen LogP contribution in [-0.4, -0.2) is 29.6 Å². The van der Waals surface area contributed by atoms with E-state index in [2.05, 4.69) is 0 Å². The number of ether oxygens (including phenoxy) is 1. The second-order valence-electron chi connectivity index (χ2n) is 3.77.